The molecule has 0 aliphatic heterocycles. The van der Waals surface area contributed by atoms with Gasteiger partial charge in [0, 0.05) is 0 Å². The van der Waals surface area contributed by atoms with Crippen LogP contribution in [0.5, 0.6) is 0 Å². The van der Waals surface area contributed by atoms with E-state index < -0.39 is 0 Å². The molecule has 0 saturated carbocycles. The molecule has 1 aromatic rings. The second kappa shape index (κ2) is 5.80. The Bertz CT molecular complexity index is 329. The van der Waals surface area contributed by atoms with Gasteiger partial charge in [-0.1, -0.05) is 38.1 Å². The van der Waals surface area contributed by atoms with Crippen molar-refractivity contribution in [3.63, 3.8) is 0 Å². The Labute approximate surface area is 98.3 Å². The van der Waals surface area contributed by atoms with Gasteiger partial charge in [-0.15, -0.1) is 0 Å². The Hall–Kier alpha value is -1.15. The molecular formula is C14H21NO. The van der Waals surface area contributed by atoms with Crippen LogP contribution in [0.3, 0.4) is 0 Å². The third-order valence-electron chi connectivity index (χ3n) is 3.14. The predicted molar refractivity (Wildman–Crippen MR) is 67.6 cm³/mol. The van der Waals surface area contributed by atoms with Crippen LogP contribution in [-0.4, -0.2) is 25.3 Å². The molecule has 0 saturated heterocycles. The van der Waals surface area contributed by atoms with E-state index in [1.165, 1.54) is 5.56 Å². The Kier molecular flexibility index (Phi) is 4.69. The molecule has 1 rings (SSSR count). The van der Waals surface area contributed by atoms with Crippen molar-refractivity contribution in [3.05, 3.63) is 35.4 Å². The Morgan fingerprint density at radius 1 is 1.19 bits per heavy atom. The number of hydrogen-bond donors (Lipinski definition) is 0. The topological polar surface area (TPSA) is 20.3 Å². The molecule has 2 atom stereocenters. The van der Waals surface area contributed by atoms with E-state index in [4.69, 9.17) is 0 Å². The number of nitrogens with zero attached hydrogens (tertiary/aromatic N) is 1. The molecule has 0 spiro atoms. The van der Waals surface area contributed by atoms with Crippen molar-refractivity contribution in [2.24, 2.45) is 0 Å². The number of likely N-dealkylation sites (N-methyl/N-ethyl adjacent to an activating group) is 1. The molecule has 0 N–H and O–H groups in total. The highest BCUT2D eigenvalue weighted by Crippen LogP contribution is 2.22. The van der Waals surface area contributed by atoms with Crippen molar-refractivity contribution < 1.29 is 4.79 Å². The summed E-state index contributed by atoms with van der Waals surface area (Å²) in [6.07, 6.45) is 2.13. The molecule has 0 aromatic heterocycles. The molecule has 2 heteroatoms. The third kappa shape index (κ3) is 2.92. The highest BCUT2D eigenvalue weighted by atomic mass is 16.1. The maximum atomic E-state index is 11.0. The fourth-order valence-corrected chi connectivity index (χ4v) is 1.76. The van der Waals surface area contributed by atoms with Crippen LogP contribution >= 0.6 is 0 Å². The van der Waals surface area contributed by atoms with Crippen LogP contribution in [0.4, 0.5) is 0 Å². The molecular weight excluding hydrogens is 198 g/mol. The fraction of sp³-hybridized carbons (Fsp3) is 0.500. The van der Waals surface area contributed by atoms with Gasteiger partial charge >= 0.3 is 0 Å². The molecule has 16 heavy (non-hydrogen) atoms. The number of hydrogen-bond acceptors (Lipinski definition) is 2. The van der Waals surface area contributed by atoms with Gasteiger partial charge in [-0.25, -0.2) is 0 Å². The van der Waals surface area contributed by atoms with Crippen LogP contribution in [0.1, 0.15) is 43.4 Å². The quantitative estimate of drug-likeness (QED) is 0.709. The van der Waals surface area contributed by atoms with Crippen LogP contribution in [0.25, 0.3) is 0 Å². The lowest BCUT2D eigenvalue weighted by Crippen LogP contribution is -2.20. The molecule has 0 fully saturated rings. The number of aldehydes is 1. The number of carbonyl (C=O) groups is 1. The minimum Gasteiger partial charge on any atom is -0.301 e. The molecule has 1 aromatic carbocycles. The van der Waals surface area contributed by atoms with Crippen LogP contribution < -0.4 is 0 Å². The van der Waals surface area contributed by atoms with Crippen molar-refractivity contribution in [2.75, 3.05) is 14.1 Å². The molecule has 0 aliphatic rings. The van der Waals surface area contributed by atoms with Crippen LogP contribution in [0, 0.1) is 0 Å². The summed E-state index contributed by atoms with van der Waals surface area (Å²) in [4.78, 5) is 12.9. The summed E-state index contributed by atoms with van der Waals surface area (Å²) in [6, 6.07) is 8.24. The Morgan fingerprint density at radius 3 is 2.06 bits per heavy atom. The second-order valence-electron chi connectivity index (χ2n) is 4.52. The standard InChI is InChI=1S/C14H21NO/c1-5-11(2)12-6-8-13(9-7-12)14(10-16)15(3)4/h6-11,14H,5H2,1-4H3. The molecule has 2 nitrogen and oxygen atoms in total. The molecule has 0 bridgehead atoms. The lowest BCUT2D eigenvalue weighted by molar-refractivity contribution is -0.111. The summed E-state index contributed by atoms with van der Waals surface area (Å²) in [5.74, 6) is 0.586. The summed E-state index contributed by atoms with van der Waals surface area (Å²) < 4.78 is 0. The first-order chi connectivity index (χ1) is 7.60. The fourth-order valence-electron chi connectivity index (χ4n) is 1.76. The monoisotopic (exact) mass is 219 g/mol. The minimum absolute atomic E-state index is 0.133. The molecule has 0 radical (unpaired) electrons. The minimum atomic E-state index is -0.133. The maximum Gasteiger partial charge on any atom is 0.141 e. The largest absolute Gasteiger partial charge is 0.301 e. The molecule has 2 unspecified atom stereocenters. The van der Waals surface area contributed by atoms with Crippen molar-refractivity contribution in [3.8, 4) is 0 Å². The van der Waals surface area contributed by atoms with Crippen LogP contribution in [-0.2, 0) is 4.79 Å². The molecule has 88 valence electrons. The van der Waals surface area contributed by atoms with Crippen LogP contribution in [0.2, 0.25) is 0 Å². The van der Waals surface area contributed by atoms with Crippen molar-refractivity contribution in [1.29, 1.82) is 0 Å². The Balaban J connectivity index is 2.89. The summed E-state index contributed by atoms with van der Waals surface area (Å²) >= 11 is 0. The van der Waals surface area contributed by atoms with E-state index in [1.807, 2.05) is 19.0 Å². The maximum absolute atomic E-state index is 11.0. The van der Waals surface area contributed by atoms with Crippen molar-refractivity contribution in [2.45, 2.75) is 32.2 Å². The van der Waals surface area contributed by atoms with Gasteiger partial charge in [0.15, 0.2) is 0 Å². The van der Waals surface area contributed by atoms with Gasteiger partial charge in [-0.2, -0.15) is 0 Å². The molecule has 0 aliphatic carbocycles. The van der Waals surface area contributed by atoms with Gasteiger partial charge in [0.05, 0.1) is 6.04 Å². The van der Waals surface area contributed by atoms with E-state index in [0.29, 0.717) is 5.92 Å². The zero-order valence-corrected chi connectivity index (χ0v) is 10.6. The van der Waals surface area contributed by atoms with E-state index in [0.717, 1.165) is 18.3 Å². The first-order valence-corrected chi connectivity index (χ1v) is 5.81. The lowest BCUT2D eigenvalue weighted by Gasteiger charge is -2.19. The lowest BCUT2D eigenvalue weighted by atomic mass is 9.96. The van der Waals surface area contributed by atoms with Gasteiger partial charge in [0.2, 0.25) is 0 Å². The van der Waals surface area contributed by atoms with E-state index in [9.17, 15) is 4.79 Å². The summed E-state index contributed by atoms with van der Waals surface area (Å²) in [5, 5.41) is 0. The SMILES string of the molecule is CCC(C)c1ccc(C(C=O)N(C)C)cc1. The highest BCUT2D eigenvalue weighted by molar-refractivity contribution is 5.61. The molecule has 0 amide bonds. The zero-order chi connectivity index (χ0) is 12.1. The van der Waals surface area contributed by atoms with Gasteiger partial charge in [-0.3, -0.25) is 4.90 Å². The average molecular weight is 219 g/mol. The van der Waals surface area contributed by atoms with Crippen molar-refractivity contribution in [1.82, 2.24) is 4.90 Å². The van der Waals surface area contributed by atoms with Gasteiger partial charge < -0.3 is 4.79 Å². The van der Waals surface area contributed by atoms with Crippen LogP contribution in [0.15, 0.2) is 24.3 Å². The predicted octanol–water partition coefficient (Wildman–Crippen LogP) is 3.00. The van der Waals surface area contributed by atoms with E-state index in [2.05, 4.69) is 38.1 Å². The zero-order valence-electron chi connectivity index (χ0n) is 10.6. The van der Waals surface area contributed by atoms with Gasteiger partial charge in [-0.05, 0) is 37.6 Å². The Morgan fingerprint density at radius 2 is 1.69 bits per heavy atom. The number of benzene rings is 1. The van der Waals surface area contributed by atoms with E-state index in [1.54, 1.807) is 0 Å². The molecule has 0 heterocycles. The first kappa shape index (κ1) is 12.9. The van der Waals surface area contributed by atoms with Crippen molar-refractivity contribution >= 4 is 6.29 Å². The van der Waals surface area contributed by atoms with E-state index >= 15 is 0 Å². The summed E-state index contributed by atoms with van der Waals surface area (Å²) in [6.45, 7) is 4.41. The highest BCUT2D eigenvalue weighted by Gasteiger charge is 2.12. The van der Waals surface area contributed by atoms with E-state index in [-0.39, 0.29) is 6.04 Å². The summed E-state index contributed by atoms with van der Waals surface area (Å²) in [5.41, 5.74) is 2.40. The smallest absolute Gasteiger partial charge is 0.141 e. The number of rotatable bonds is 5. The van der Waals surface area contributed by atoms with Gasteiger partial charge in [0.25, 0.3) is 0 Å². The average Bonchev–Trinajstić information content (AvgIpc) is 2.29. The normalized spacial score (nSPS) is 14.8. The second-order valence-corrected chi connectivity index (χ2v) is 4.52. The third-order valence-corrected chi connectivity index (χ3v) is 3.14. The van der Waals surface area contributed by atoms with Gasteiger partial charge in [0.1, 0.15) is 6.29 Å². The number of carbonyl (C=O) groups excluding carboxylic acids is 1. The first-order valence-electron chi connectivity index (χ1n) is 5.81. The summed E-state index contributed by atoms with van der Waals surface area (Å²) in [7, 11) is 3.84.